The van der Waals surface area contributed by atoms with Gasteiger partial charge in [0, 0.05) is 18.0 Å². The summed E-state index contributed by atoms with van der Waals surface area (Å²) in [5, 5.41) is 19.3. The Bertz CT molecular complexity index is 1080. The Morgan fingerprint density at radius 1 is 1.06 bits per heavy atom. The van der Waals surface area contributed by atoms with Gasteiger partial charge < -0.3 is 20.6 Å². The third kappa shape index (κ3) is 7.19. The van der Waals surface area contributed by atoms with Crippen LogP contribution >= 0.6 is 23.2 Å². The van der Waals surface area contributed by atoms with Gasteiger partial charge in [0.25, 0.3) is 11.8 Å². The minimum atomic E-state index is -1.16. The highest BCUT2D eigenvalue weighted by molar-refractivity contribution is 6.40. The van der Waals surface area contributed by atoms with E-state index in [-0.39, 0.29) is 33.7 Å². The molecule has 10 heteroatoms. The van der Waals surface area contributed by atoms with Gasteiger partial charge in [0.1, 0.15) is 18.9 Å². The highest BCUT2D eigenvalue weighted by atomic mass is 35.5. The van der Waals surface area contributed by atoms with E-state index in [4.69, 9.17) is 28.0 Å². The van der Waals surface area contributed by atoms with E-state index < -0.39 is 23.8 Å². The molecule has 0 saturated heterocycles. The monoisotopic (exact) mass is 519 g/mol. The van der Waals surface area contributed by atoms with Gasteiger partial charge in [-0.15, -0.1) is 0 Å². The van der Waals surface area contributed by atoms with E-state index in [1.807, 2.05) is 0 Å². The summed E-state index contributed by atoms with van der Waals surface area (Å²) in [5.41, 5.74) is 1.54. The summed E-state index contributed by atoms with van der Waals surface area (Å²) >= 11 is 12.2. The number of hydrogen-bond acceptors (Lipinski definition) is 5. The van der Waals surface area contributed by atoms with Crippen LogP contribution in [-0.2, 0) is 20.8 Å². The van der Waals surface area contributed by atoms with E-state index >= 15 is 0 Å². The zero-order chi connectivity index (χ0) is 25.4. The van der Waals surface area contributed by atoms with Crippen LogP contribution in [0.3, 0.4) is 0 Å². The zero-order valence-corrected chi connectivity index (χ0v) is 20.7. The van der Waals surface area contributed by atoms with E-state index in [1.165, 1.54) is 7.11 Å². The van der Waals surface area contributed by atoms with Crippen LogP contribution in [0.5, 0.6) is 0 Å². The lowest BCUT2D eigenvalue weighted by Crippen LogP contribution is -2.47. The van der Waals surface area contributed by atoms with E-state index in [0.717, 1.165) is 32.1 Å². The van der Waals surface area contributed by atoms with Crippen molar-refractivity contribution in [2.75, 3.05) is 12.4 Å². The highest BCUT2D eigenvalue weighted by Crippen LogP contribution is 2.26. The molecule has 2 aromatic carbocycles. The maximum Gasteiger partial charge on any atom is 0.326 e. The number of benzene rings is 2. The van der Waals surface area contributed by atoms with Gasteiger partial charge in [0.2, 0.25) is 0 Å². The maximum atomic E-state index is 12.8. The summed E-state index contributed by atoms with van der Waals surface area (Å²) < 4.78 is 0. The minimum absolute atomic E-state index is 0.0485. The molecule has 1 fully saturated rings. The standard InChI is InChI=1S/C25H27Cl2N3O5/c1-35-30-22(16-6-3-2-4-7-16)24(32)29-20(25(33)34)14-15-10-12-17(13-11-15)28-23(31)21-18(26)8-5-9-19(21)27/h5,8-13,16,20H,2-4,6-7,14H2,1H3,(H,28,31)(H,29,32)(H,33,34)/t20-/m0/s1. The van der Waals surface area contributed by atoms with Crippen LogP contribution in [0.15, 0.2) is 47.6 Å². The first kappa shape index (κ1) is 26.5. The summed E-state index contributed by atoms with van der Waals surface area (Å²) in [6.45, 7) is 0. The number of anilines is 1. The molecule has 0 unspecified atom stereocenters. The number of aliphatic carboxylic acids is 1. The van der Waals surface area contributed by atoms with Crippen LogP contribution in [0.4, 0.5) is 5.69 Å². The van der Waals surface area contributed by atoms with Gasteiger partial charge in [-0.3, -0.25) is 9.59 Å². The molecule has 3 rings (SSSR count). The number of nitrogens with zero attached hydrogens (tertiary/aromatic N) is 1. The summed E-state index contributed by atoms with van der Waals surface area (Å²) in [5.74, 6) is -2.21. The van der Waals surface area contributed by atoms with Gasteiger partial charge >= 0.3 is 5.97 Å². The van der Waals surface area contributed by atoms with Crippen LogP contribution in [-0.4, -0.2) is 41.8 Å². The fraction of sp³-hybridized carbons (Fsp3) is 0.360. The van der Waals surface area contributed by atoms with E-state index in [1.54, 1.807) is 42.5 Å². The normalized spacial score (nSPS) is 15.2. The van der Waals surface area contributed by atoms with Crippen LogP contribution in [0.1, 0.15) is 48.0 Å². The summed E-state index contributed by atoms with van der Waals surface area (Å²) in [6.07, 6.45) is 4.79. The quantitative estimate of drug-likeness (QED) is 0.320. The van der Waals surface area contributed by atoms with Crippen molar-refractivity contribution in [3.8, 4) is 0 Å². The Morgan fingerprint density at radius 3 is 2.26 bits per heavy atom. The fourth-order valence-electron chi connectivity index (χ4n) is 4.08. The molecule has 35 heavy (non-hydrogen) atoms. The number of oxime groups is 1. The Kier molecular flexibility index (Phi) is 9.51. The van der Waals surface area contributed by atoms with E-state index in [2.05, 4.69) is 15.8 Å². The molecule has 186 valence electrons. The first-order chi connectivity index (χ1) is 16.8. The highest BCUT2D eigenvalue weighted by Gasteiger charge is 2.29. The number of carbonyl (C=O) groups is 3. The number of carboxylic acids is 1. The molecule has 3 N–H and O–H groups in total. The molecule has 1 aliphatic rings. The fourth-order valence-corrected chi connectivity index (χ4v) is 4.65. The minimum Gasteiger partial charge on any atom is -0.480 e. The van der Waals surface area contributed by atoms with Crippen LogP contribution in [0, 0.1) is 5.92 Å². The lowest BCUT2D eigenvalue weighted by molar-refractivity contribution is -0.141. The van der Waals surface area contributed by atoms with Crippen molar-refractivity contribution in [2.24, 2.45) is 11.1 Å². The van der Waals surface area contributed by atoms with Crippen molar-refractivity contribution >= 4 is 52.4 Å². The summed E-state index contributed by atoms with van der Waals surface area (Å²) in [7, 11) is 1.37. The van der Waals surface area contributed by atoms with Gasteiger partial charge in [-0.2, -0.15) is 0 Å². The number of carbonyl (C=O) groups excluding carboxylic acids is 2. The lowest BCUT2D eigenvalue weighted by atomic mass is 9.85. The van der Waals surface area contributed by atoms with Crippen molar-refractivity contribution < 1.29 is 24.3 Å². The average molecular weight is 520 g/mol. The van der Waals surface area contributed by atoms with Crippen LogP contribution in [0.2, 0.25) is 10.0 Å². The topological polar surface area (TPSA) is 117 Å². The predicted molar refractivity (Wildman–Crippen MR) is 135 cm³/mol. The van der Waals surface area contributed by atoms with Crippen molar-refractivity contribution in [1.82, 2.24) is 5.32 Å². The molecule has 0 radical (unpaired) electrons. The van der Waals surface area contributed by atoms with Crippen LogP contribution < -0.4 is 10.6 Å². The molecule has 0 spiro atoms. The van der Waals surface area contributed by atoms with Gasteiger partial charge in [-0.25, -0.2) is 4.79 Å². The molecule has 1 atom stereocenters. The number of carboxylic acid groups (broad SMARTS) is 1. The molecule has 1 aliphatic carbocycles. The van der Waals surface area contributed by atoms with Crippen molar-refractivity contribution in [2.45, 2.75) is 44.6 Å². The van der Waals surface area contributed by atoms with Gasteiger partial charge in [0.05, 0.1) is 15.6 Å². The number of halogens is 2. The third-order valence-electron chi connectivity index (χ3n) is 5.86. The molecule has 8 nitrogen and oxygen atoms in total. The number of rotatable bonds is 9. The first-order valence-corrected chi connectivity index (χ1v) is 12.0. The first-order valence-electron chi connectivity index (χ1n) is 11.3. The van der Waals surface area contributed by atoms with Gasteiger partial charge in [0.15, 0.2) is 0 Å². The Labute approximate surface area is 213 Å². The van der Waals surface area contributed by atoms with Crippen molar-refractivity contribution in [1.29, 1.82) is 0 Å². The second-order valence-corrected chi connectivity index (χ2v) is 9.12. The van der Waals surface area contributed by atoms with Crippen molar-refractivity contribution in [3.63, 3.8) is 0 Å². The Balaban J connectivity index is 1.66. The number of amides is 2. The number of nitrogens with one attached hydrogen (secondary N) is 2. The van der Waals surface area contributed by atoms with Crippen molar-refractivity contribution in [3.05, 3.63) is 63.6 Å². The maximum absolute atomic E-state index is 12.8. The molecule has 0 heterocycles. The second-order valence-electron chi connectivity index (χ2n) is 8.31. The molecular formula is C25H27Cl2N3O5. The molecule has 2 amide bonds. The molecular weight excluding hydrogens is 493 g/mol. The third-order valence-corrected chi connectivity index (χ3v) is 6.49. The molecule has 0 aliphatic heterocycles. The molecule has 0 aromatic heterocycles. The van der Waals surface area contributed by atoms with E-state index in [0.29, 0.717) is 11.3 Å². The SMILES string of the molecule is CON=C(C(=O)N[C@@H](Cc1ccc(NC(=O)c2c(Cl)cccc2Cl)cc1)C(=O)O)C1CCCCC1. The van der Waals surface area contributed by atoms with Gasteiger partial charge in [-0.1, -0.05) is 65.8 Å². The lowest BCUT2D eigenvalue weighted by Gasteiger charge is -2.23. The zero-order valence-electron chi connectivity index (χ0n) is 19.2. The molecule has 2 aromatic rings. The molecule has 1 saturated carbocycles. The summed E-state index contributed by atoms with van der Waals surface area (Å²) in [6, 6.07) is 10.3. The summed E-state index contributed by atoms with van der Waals surface area (Å²) in [4.78, 5) is 42.1. The average Bonchev–Trinajstić information content (AvgIpc) is 2.83. The Morgan fingerprint density at radius 2 is 1.69 bits per heavy atom. The smallest absolute Gasteiger partial charge is 0.326 e. The second kappa shape index (κ2) is 12.6. The predicted octanol–water partition coefficient (Wildman–Crippen LogP) is 4.94. The van der Waals surface area contributed by atoms with Crippen LogP contribution in [0.25, 0.3) is 0 Å². The van der Waals surface area contributed by atoms with Gasteiger partial charge in [-0.05, 0) is 42.7 Å². The Hall–Kier alpha value is -3.10. The van der Waals surface area contributed by atoms with E-state index in [9.17, 15) is 19.5 Å². The molecule has 0 bridgehead atoms. The number of hydrogen-bond donors (Lipinski definition) is 3. The largest absolute Gasteiger partial charge is 0.480 e.